The standard InChI is InChI=1S/C9H12ClNS2/c1-7(5-12)6-13-9-3-2-8(10)4-11-9/h2-4,7,12H,5-6H2,1H3. The zero-order chi connectivity index (χ0) is 9.68. The van der Waals surface area contributed by atoms with E-state index in [-0.39, 0.29) is 0 Å². The van der Waals surface area contributed by atoms with Crippen LogP contribution in [0.3, 0.4) is 0 Å². The molecule has 1 aromatic heterocycles. The van der Waals surface area contributed by atoms with Gasteiger partial charge in [-0.2, -0.15) is 12.6 Å². The monoisotopic (exact) mass is 233 g/mol. The van der Waals surface area contributed by atoms with Crippen LogP contribution in [0.15, 0.2) is 23.4 Å². The largest absolute Gasteiger partial charge is 0.248 e. The minimum atomic E-state index is 0.616. The van der Waals surface area contributed by atoms with Gasteiger partial charge in [-0.05, 0) is 23.8 Å². The molecule has 0 fully saturated rings. The molecule has 4 heteroatoms. The zero-order valence-electron chi connectivity index (χ0n) is 7.40. The fourth-order valence-corrected chi connectivity index (χ4v) is 2.01. The second-order valence-corrected chi connectivity index (χ2v) is 4.76. The molecule has 0 saturated heterocycles. The summed E-state index contributed by atoms with van der Waals surface area (Å²) >= 11 is 11.7. The summed E-state index contributed by atoms with van der Waals surface area (Å²) in [7, 11) is 0. The highest BCUT2D eigenvalue weighted by Gasteiger charge is 2.01. The van der Waals surface area contributed by atoms with Crippen LogP contribution in [0.2, 0.25) is 5.02 Å². The summed E-state index contributed by atoms with van der Waals surface area (Å²) in [5.41, 5.74) is 0. The first-order valence-electron chi connectivity index (χ1n) is 4.07. The maximum absolute atomic E-state index is 5.72. The molecule has 13 heavy (non-hydrogen) atoms. The lowest BCUT2D eigenvalue weighted by atomic mass is 10.3. The first-order chi connectivity index (χ1) is 6.22. The highest BCUT2D eigenvalue weighted by Crippen LogP contribution is 2.20. The molecule has 0 spiro atoms. The summed E-state index contributed by atoms with van der Waals surface area (Å²) in [5.74, 6) is 2.59. The maximum atomic E-state index is 5.72. The zero-order valence-corrected chi connectivity index (χ0v) is 9.87. The van der Waals surface area contributed by atoms with Gasteiger partial charge in [-0.15, -0.1) is 11.8 Å². The number of thioether (sulfide) groups is 1. The number of thiol groups is 1. The van der Waals surface area contributed by atoms with Crippen molar-refractivity contribution >= 4 is 36.0 Å². The van der Waals surface area contributed by atoms with Gasteiger partial charge < -0.3 is 0 Å². The molecule has 72 valence electrons. The molecule has 0 aliphatic heterocycles. The van der Waals surface area contributed by atoms with Crippen LogP contribution in [0.4, 0.5) is 0 Å². The predicted octanol–water partition coefficient (Wildman–Crippen LogP) is 3.39. The molecule has 0 N–H and O–H groups in total. The third kappa shape index (κ3) is 4.25. The Labute approximate surface area is 93.7 Å². The average Bonchev–Trinajstić information content (AvgIpc) is 2.16. The summed E-state index contributed by atoms with van der Waals surface area (Å²) in [6.07, 6.45) is 1.68. The molecule has 1 nitrogen and oxygen atoms in total. The van der Waals surface area contributed by atoms with Gasteiger partial charge in [0.15, 0.2) is 0 Å². The van der Waals surface area contributed by atoms with Gasteiger partial charge in [0, 0.05) is 11.9 Å². The second-order valence-electron chi connectivity index (χ2n) is 2.91. The van der Waals surface area contributed by atoms with Gasteiger partial charge in [0.05, 0.1) is 10.0 Å². The molecule has 1 heterocycles. The maximum Gasteiger partial charge on any atom is 0.0961 e. The fraction of sp³-hybridized carbons (Fsp3) is 0.444. The molecule has 0 aromatic carbocycles. The van der Waals surface area contributed by atoms with Gasteiger partial charge >= 0.3 is 0 Å². The first kappa shape index (κ1) is 11.2. The van der Waals surface area contributed by atoms with E-state index < -0.39 is 0 Å². The van der Waals surface area contributed by atoms with E-state index in [2.05, 4.69) is 24.5 Å². The van der Waals surface area contributed by atoms with Gasteiger partial charge in [0.1, 0.15) is 0 Å². The van der Waals surface area contributed by atoms with Crippen molar-refractivity contribution in [2.24, 2.45) is 5.92 Å². The molecule has 0 aliphatic rings. The molecule has 1 rings (SSSR count). The van der Waals surface area contributed by atoms with Crippen LogP contribution in [0.1, 0.15) is 6.92 Å². The number of pyridine rings is 1. The summed E-state index contributed by atoms with van der Waals surface area (Å²) in [5, 5.41) is 1.71. The summed E-state index contributed by atoms with van der Waals surface area (Å²) < 4.78 is 0. The Morgan fingerprint density at radius 1 is 1.62 bits per heavy atom. The number of hydrogen-bond acceptors (Lipinski definition) is 3. The number of hydrogen-bond donors (Lipinski definition) is 1. The Balaban J connectivity index is 2.41. The van der Waals surface area contributed by atoms with Crippen LogP contribution in [0.5, 0.6) is 0 Å². The van der Waals surface area contributed by atoms with E-state index in [4.69, 9.17) is 11.6 Å². The molecule has 1 aromatic rings. The number of aromatic nitrogens is 1. The van der Waals surface area contributed by atoms with E-state index in [9.17, 15) is 0 Å². The molecule has 0 radical (unpaired) electrons. The summed E-state index contributed by atoms with van der Waals surface area (Å²) in [4.78, 5) is 4.19. The van der Waals surface area contributed by atoms with E-state index >= 15 is 0 Å². The molecule has 1 atom stereocenters. The topological polar surface area (TPSA) is 12.9 Å². The lowest BCUT2D eigenvalue weighted by Gasteiger charge is -2.05. The summed E-state index contributed by atoms with van der Waals surface area (Å²) in [6, 6.07) is 3.81. The van der Waals surface area contributed by atoms with Crippen LogP contribution >= 0.6 is 36.0 Å². The Kier molecular flexibility index (Phi) is 4.99. The van der Waals surface area contributed by atoms with Crippen molar-refractivity contribution in [3.63, 3.8) is 0 Å². The molecular formula is C9H12ClNS2. The van der Waals surface area contributed by atoms with E-state index in [1.165, 1.54) is 0 Å². The van der Waals surface area contributed by atoms with Crippen molar-refractivity contribution in [1.29, 1.82) is 0 Å². The molecule has 1 unspecified atom stereocenters. The van der Waals surface area contributed by atoms with Crippen molar-refractivity contribution in [3.05, 3.63) is 23.4 Å². The normalized spacial score (nSPS) is 12.8. The van der Waals surface area contributed by atoms with E-state index in [0.717, 1.165) is 16.5 Å². The quantitative estimate of drug-likeness (QED) is 0.633. The smallest absolute Gasteiger partial charge is 0.0961 e. The molecular weight excluding hydrogens is 222 g/mol. The Hall–Kier alpha value is 0.140. The van der Waals surface area contributed by atoms with Gasteiger partial charge in [-0.25, -0.2) is 4.98 Å². The van der Waals surface area contributed by atoms with Crippen LogP contribution in [-0.4, -0.2) is 16.5 Å². The van der Waals surface area contributed by atoms with Crippen molar-refractivity contribution in [3.8, 4) is 0 Å². The second kappa shape index (κ2) is 5.78. The van der Waals surface area contributed by atoms with Crippen LogP contribution in [0, 0.1) is 5.92 Å². The fourth-order valence-electron chi connectivity index (χ4n) is 0.728. The highest BCUT2D eigenvalue weighted by molar-refractivity contribution is 7.99. The van der Waals surface area contributed by atoms with Crippen LogP contribution < -0.4 is 0 Å². The van der Waals surface area contributed by atoms with Crippen molar-refractivity contribution in [2.75, 3.05) is 11.5 Å². The van der Waals surface area contributed by atoms with Crippen molar-refractivity contribution in [2.45, 2.75) is 11.9 Å². The Bertz CT molecular complexity index is 250. The van der Waals surface area contributed by atoms with Crippen LogP contribution in [-0.2, 0) is 0 Å². The number of halogens is 1. The molecule has 0 bridgehead atoms. The van der Waals surface area contributed by atoms with Crippen LogP contribution in [0.25, 0.3) is 0 Å². The third-order valence-corrected chi connectivity index (χ3v) is 3.65. The Morgan fingerprint density at radius 2 is 2.38 bits per heavy atom. The lowest BCUT2D eigenvalue weighted by Crippen LogP contribution is -1.99. The Morgan fingerprint density at radius 3 is 2.92 bits per heavy atom. The van der Waals surface area contributed by atoms with Gasteiger partial charge in [0.25, 0.3) is 0 Å². The van der Waals surface area contributed by atoms with E-state index in [1.807, 2.05) is 12.1 Å². The van der Waals surface area contributed by atoms with Gasteiger partial charge in [-0.3, -0.25) is 0 Å². The number of rotatable bonds is 4. The van der Waals surface area contributed by atoms with E-state index in [0.29, 0.717) is 10.9 Å². The van der Waals surface area contributed by atoms with Crippen molar-refractivity contribution in [1.82, 2.24) is 4.98 Å². The number of nitrogens with zero attached hydrogens (tertiary/aromatic N) is 1. The van der Waals surface area contributed by atoms with Crippen molar-refractivity contribution < 1.29 is 0 Å². The van der Waals surface area contributed by atoms with Gasteiger partial charge in [0.2, 0.25) is 0 Å². The average molecular weight is 234 g/mol. The lowest BCUT2D eigenvalue weighted by molar-refractivity contribution is 0.766. The highest BCUT2D eigenvalue weighted by atomic mass is 35.5. The summed E-state index contributed by atoms with van der Waals surface area (Å²) in [6.45, 7) is 2.18. The molecule has 0 aliphatic carbocycles. The van der Waals surface area contributed by atoms with E-state index in [1.54, 1.807) is 18.0 Å². The molecule has 0 saturated carbocycles. The van der Waals surface area contributed by atoms with Gasteiger partial charge in [-0.1, -0.05) is 18.5 Å². The minimum absolute atomic E-state index is 0.616. The molecule has 0 amide bonds. The first-order valence-corrected chi connectivity index (χ1v) is 6.07. The minimum Gasteiger partial charge on any atom is -0.248 e. The SMILES string of the molecule is CC(CS)CSc1ccc(Cl)cn1. The predicted molar refractivity (Wildman–Crippen MR) is 63.0 cm³/mol. The third-order valence-electron chi connectivity index (χ3n) is 1.53.